The topological polar surface area (TPSA) is 66.8 Å². The normalized spacial score (nSPS) is 10.2. The zero-order valence-electron chi connectivity index (χ0n) is 10.7. The number of benzene rings is 2. The van der Waals surface area contributed by atoms with E-state index in [1.165, 1.54) is 22.7 Å². The van der Waals surface area contributed by atoms with Crippen LogP contribution in [0.4, 0.5) is 0 Å². The summed E-state index contributed by atoms with van der Waals surface area (Å²) < 4.78 is 6.39. The van der Waals surface area contributed by atoms with Gasteiger partial charge in [-0.1, -0.05) is 0 Å². The molecule has 0 bridgehead atoms. The van der Waals surface area contributed by atoms with Crippen molar-refractivity contribution in [2.75, 3.05) is 6.61 Å². The molecule has 0 aliphatic rings. The van der Waals surface area contributed by atoms with Crippen LogP contribution >= 0.6 is 0 Å². The maximum atomic E-state index is 11.7. The van der Waals surface area contributed by atoms with Crippen molar-refractivity contribution in [1.82, 2.24) is 0 Å². The summed E-state index contributed by atoms with van der Waals surface area (Å²) in [6.45, 7) is 0.343. The van der Waals surface area contributed by atoms with Crippen LogP contribution in [0.2, 0.25) is 5.32 Å². The van der Waals surface area contributed by atoms with E-state index in [4.69, 9.17) is 9.84 Å². The van der Waals surface area contributed by atoms with E-state index < -0.39 is 5.97 Å². The molecule has 2 aromatic rings. The van der Waals surface area contributed by atoms with Gasteiger partial charge in [-0.05, 0) is 0 Å². The van der Waals surface area contributed by atoms with Gasteiger partial charge in [0, 0.05) is 0 Å². The Labute approximate surface area is 123 Å². The molecule has 5 heteroatoms. The molecule has 2 rings (SSSR count). The Balaban J connectivity index is 1.79. The Morgan fingerprint density at radius 1 is 1.05 bits per heavy atom. The second kappa shape index (κ2) is 6.98. The average molecular weight is 337 g/mol. The molecular formula is C15H14O4Se. The van der Waals surface area contributed by atoms with Crippen LogP contribution < -0.4 is 4.46 Å². The Bertz CT molecular complexity index is 584. The quantitative estimate of drug-likeness (QED) is 0.377. The number of carbonyl (C=O) groups excluding carboxylic acids is 1. The Hall–Kier alpha value is -1.97. The standard InChI is InChI=1S/C15H14O4Se/c16-13-7-6-11(10-14(13)17)15(18)19-8-9-20-12-4-2-1-3-5-12/h1-7,10,16-17H,8-9H2. The van der Waals surface area contributed by atoms with E-state index in [0.29, 0.717) is 6.61 Å². The van der Waals surface area contributed by atoms with Crippen LogP contribution in [0.1, 0.15) is 10.4 Å². The summed E-state index contributed by atoms with van der Waals surface area (Å²) in [7, 11) is 0. The zero-order chi connectivity index (χ0) is 14.4. The third-order valence-corrected chi connectivity index (χ3v) is 4.59. The fraction of sp³-hybridized carbons (Fsp3) is 0.133. The van der Waals surface area contributed by atoms with Crippen molar-refractivity contribution in [2.24, 2.45) is 0 Å². The summed E-state index contributed by atoms with van der Waals surface area (Å²) >= 11 is 0.276. The van der Waals surface area contributed by atoms with Gasteiger partial charge in [0.05, 0.1) is 0 Å². The van der Waals surface area contributed by atoms with Gasteiger partial charge in [-0.25, -0.2) is 0 Å². The molecule has 2 aromatic carbocycles. The fourth-order valence-corrected chi connectivity index (χ4v) is 3.12. The Morgan fingerprint density at radius 3 is 2.50 bits per heavy atom. The van der Waals surface area contributed by atoms with Crippen molar-refractivity contribution in [2.45, 2.75) is 5.32 Å². The molecular weight excluding hydrogens is 323 g/mol. The van der Waals surface area contributed by atoms with Crippen molar-refractivity contribution in [3.63, 3.8) is 0 Å². The first-order valence-electron chi connectivity index (χ1n) is 6.04. The van der Waals surface area contributed by atoms with Crippen LogP contribution in [-0.4, -0.2) is 37.7 Å². The molecule has 0 aliphatic heterocycles. The van der Waals surface area contributed by atoms with E-state index >= 15 is 0 Å². The van der Waals surface area contributed by atoms with Gasteiger partial charge in [-0.15, -0.1) is 0 Å². The Kier molecular flexibility index (Phi) is 5.04. The summed E-state index contributed by atoms with van der Waals surface area (Å²) in [5.41, 5.74) is 0.229. The third-order valence-electron chi connectivity index (χ3n) is 2.54. The number of aromatic hydroxyl groups is 2. The monoisotopic (exact) mass is 338 g/mol. The molecule has 4 nitrogen and oxygen atoms in total. The number of ether oxygens (including phenoxy) is 1. The van der Waals surface area contributed by atoms with Crippen molar-refractivity contribution < 1.29 is 19.7 Å². The van der Waals surface area contributed by atoms with Gasteiger partial charge in [-0.3, -0.25) is 0 Å². The number of hydrogen-bond donors (Lipinski definition) is 2. The second-order valence-corrected chi connectivity index (χ2v) is 6.45. The molecule has 0 spiro atoms. The van der Waals surface area contributed by atoms with Crippen LogP contribution in [-0.2, 0) is 4.74 Å². The predicted octanol–water partition coefficient (Wildman–Crippen LogP) is 1.70. The molecule has 20 heavy (non-hydrogen) atoms. The van der Waals surface area contributed by atoms with E-state index in [2.05, 4.69) is 12.1 Å². The first-order valence-corrected chi connectivity index (χ1v) is 8.10. The van der Waals surface area contributed by atoms with Crippen molar-refractivity contribution in [1.29, 1.82) is 0 Å². The van der Waals surface area contributed by atoms with Gasteiger partial charge in [-0.2, -0.15) is 0 Å². The van der Waals surface area contributed by atoms with Crippen LogP contribution in [0.15, 0.2) is 48.5 Å². The van der Waals surface area contributed by atoms with Crippen LogP contribution in [0.5, 0.6) is 11.5 Å². The molecule has 0 unspecified atom stereocenters. The first kappa shape index (κ1) is 14.4. The van der Waals surface area contributed by atoms with Crippen LogP contribution in [0, 0.1) is 0 Å². The molecule has 2 N–H and O–H groups in total. The fourth-order valence-electron chi connectivity index (χ4n) is 1.54. The number of phenolic OH excluding ortho intramolecular Hbond substituents is 2. The first-order chi connectivity index (χ1) is 9.66. The molecule has 0 saturated carbocycles. The molecule has 0 saturated heterocycles. The van der Waals surface area contributed by atoms with Gasteiger partial charge in [0.1, 0.15) is 0 Å². The molecule has 0 radical (unpaired) electrons. The summed E-state index contributed by atoms with van der Waals surface area (Å²) in [5.74, 6) is -1.08. The number of hydrogen-bond acceptors (Lipinski definition) is 4. The van der Waals surface area contributed by atoms with E-state index in [0.717, 1.165) is 5.32 Å². The molecule has 104 valence electrons. The van der Waals surface area contributed by atoms with Crippen molar-refractivity contribution in [3.05, 3.63) is 54.1 Å². The van der Waals surface area contributed by atoms with E-state index in [1.807, 2.05) is 18.2 Å². The molecule has 0 heterocycles. The minimum absolute atomic E-state index is 0.229. The molecule has 0 aromatic heterocycles. The molecule has 0 aliphatic carbocycles. The van der Waals surface area contributed by atoms with Crippen molar-refractivity contribution in [3.8, 4) is 11.5 Å². The molecule has 0 atom stereocenters. The Morgan fingerprint density at radius 2 is 1.80 bits per heavy atom. The second-order valence-electron chi connectivity index (χ2n) is 4.00. The van der Waals surface area contributed by atoms with Crippen LogP contribution in [0.3, 0.4) is 0 Å². The summed E-state index contributed by atoms with van der Waals surface area (Å²) in [4.78, 5) is 11.7. The van der Waals surface area contributed by atoms with Gasteiger partial charge in [0.15, 0.2) is 0 Å². The van der Waals surface area contributed by atoms with Crippen LogP contribution in [0.25, 0.3) is 0 Å². The average Bonchev–Trinajstić information content (AvgIpc) is 2.47. The number of carbonyl (C=O) groups is 1. The molecule has 0 amide bonds. The number of rotatable bonds is 5. The number of esters is 1. The van der Waals surface area contributed by atoms with Gasteiger partial charge < -0.3 is 0 Å². The summed E-state index contributed by atoms with van der Waals surface area (Å²) in [5, 5.41) is 19.3. The maximum absolute atomic E-state index is 11.7. The van der Waals surface area contributed by atoms with E-state index in [9.17, 15) is 9.90 Å². The number of phenols is 2. The van der Waals surface area contributed by atoms with E-state index in [-0.39, 0.29) is 32.0 Å². The SMILES string of the molecule is O=C(OCC[Se]c1ccccc1)c1ccc(O)c(O)c1. The predicted molar refractivity (Wildman–Crippen MR) is 76.7 cm³/mol. The van der Waals surface area contributed by atoms with Crippen molar-refractivity contribution >= 4 is 25.4 Å². The third kappa shape index (κ3) is 4.02. The van der Waals surface area contributed by atoms with Gasteiger partial charge in [0.25, 0.3) is 0 Å². The molecule has 0 fully saturated rings. The summed E-state index contributed by atoms with van der Waals surface area (Å²) in [6, 6.07) is 13.9. The van der Waals surface area contributed by atoms with E-state index in [1.54, 1.807) is 0 Å². The van der Waals surface area contributed by atoms with Gasteiger partial charge in [0.2, 0.25) is 0 Å². The minimum atomic E-state index is -0.496. The van der Waals surface area contributed by atoms with Gasteiger partial charge >= 0.3 is 123 Å². The summed E-state index contributed by atoms with van der Waals surface area (Å²) in [6.07, 6.45) is 0. The zero-order valence-corrected chi connectivity index (χ0v) is 12.4.